The van der Waals surface area contributed by atoms with E-state index in [1.807, 2.05) is 19.9 Å². The molecule has 36 heavy (non-hydrogen) atoms. The van der Waals surface area contributed by atoms with Crippen LogP contribution in [0.25, 0.3) is 0 Å². The van der Waals surface area contributed by atoms with Gasteiger partial charge >= 0.3 is 5.97 Å². The minimum atomic E-state index is -3.80. The summed E-state index contributed by atoms with van der Waals surface area (Å²) in [6.07, 6.45) is -0.186. The van der Waals surface area contributed by atoms with Gasteiger partial charge in [-0.05, 0) is 48.6 Å². The summed E-state index contributed by atoms with van der Waals surface area (Å²) in [5.74, 6) is -0.193. The van der Waals surface area contributed by atoms with Crippen molar-refractivity contribution in [3.05, 3.63) is 48.0 Å². The molecular weight excluding hydrogens is 484 g/mol. The van der Waals surface area contributed by atoms with Crippen LogP contribution in [0, 0.1) is 5.92 Å². The zero-order valence-corrected chi connectivity index (χ0v) is 21.8. The number of para-hydroxylation sites is 2. The first-order valence-corrected chi connectivity index (χ1v) is 13.4. The number of hydrogen-bond acceptors (Lipinski definition) is 7. The molecular formula is C26H32N2O7S. The summed E-state index contributed by atoms with van der Waals surface area (Å²) in [7, 11) is -1.07. The van der Waals surface area contributed by atoms with Crippen molar-refractivity contribution in [2.75, 3.05) is 38.8 Å². The Morgan fingerprint density at radius 3 is 2.39 bits per heavy atom. The zero-order valence-electron chi connectivity index (χ0n) is 21.0. The number of rotatable bonds is 6. The Bertz CT molecular complexity index is 1240. The summed E-state index contributed by atoms with van der Waals surface area (Å²) in [6, 6.07) is 12.3. The highest BCUT2D eigenvalue weighted by Gasteiger charge is 2.39. The van der Waals surface area contributed by atoms with Crippen molar-refractivity contribution in [3.8, 4) is 11.5 Å². The fourth-order valence-corrected chi connectivity index (χ4v) is 6.31. The Morgan fingerprint density at radius 1 is 1.06 bits per heavy atom. The van der Waals surface area contributed by atoms with E-state index in [2.05, 4.69) is 0 Å². The molecule has 2 heterocycles. The maximum atomic E-state index is 13.5. The van der Waals surface area contributed by atoms with Gasteiger partial charge in [0, 0.05) is 19.0 Å². The molecule has 1 atom stereocenters. The molecule has 2 aromatic rings. The van der Waals surface area contributed by atoms with E-state index in [1.165, 1.54) is 18.5 Å². The third-order valence-electron chi connectivity index (χ3n) is 6.78. The van der Waals surface area contributed by atoms with Gasteiger partial charge in [0.15, 0.2) is 0 Å². The number of benzene rings is 2. The summed E-state index contributed by atoms with van der Waals surface area (Å²) in [5.41, 5.74) is 1.50. The van der Waals surface area contributed by atoms with Crippen LogP contribution in [0.15, 0.2) is 47.4 Å². The number of amides is 1. The summed E-state index contributed by atoms with van der Waals surface area (Å²) >= 11 is 0. The number of nitrogens with zero attached hydrogens (tertiary/aromatic N) is 2. The summed E-state index contributed by atoms with van der Waals surface area (Å²) < 4.78 is 44.4. The van der Waals surface area contributed by atoms with Crippen molar-refractivity contribution in [2.45, 2.75) is 43.6 Å². The number of anilines is 1. The number of esters is 1. The van der Waals surface area contributed by atoms with Crippen molar-refractivity contribution < 1.29 is 32.2 Å². The van der Waals surface area contributed by atoms with E-state index in [0.29, 0.717) is 30.0 Å². The molecule has 1 amide bonds. The SMILES string of the molecule is COC(=O)[C@@H]1CN(C(=O)C2CCN(S(=O)(=O)c3cc(C(C)C)ccc3OC)CC2)c2ccccc2O1. The van der Waals surface area contributed by atoms with Crippen molar-refractivity contribution in [3.63, 3.8) is 0 Å². The molecule has 0 N–H and O–H groups in total. The van der Waals surface area contributed by atoms with Gasteiger partial charge < -0.3 is 19.1 Å². The van der Waals surface area contributed by atoms with Crippen LogP contribution < -0.4 is 14.4 Å². The van der Waals surface area contributed by atoms with E-state index in [-0.39, 0.29) is 42.3 Å². The average Bonchev–Trinajstić information content (AvgIpc) is 2.91. The highest BCUT2D eigenvalue weighted by atomic mass is 32.2. The molecule has 0 spiro atoms. The Kier molecular flexibility index (Phi) is 7.56. The molecule has 0 saturated carbocycles. The zero-order chi connectivity index (χ0) is 26.0. The number of hydrogen-bond donors (Lipinski definition) is 0. The van der Waals surface area contributed by atoms with Crippen LogP contribution in [0.3, 0.4) is 0 Å². The largest absolute Gasteiger partial charge is 0.495 e. The van der Waals surface area contributed by atoms with Gasteiger partial charge in [0.2, 0.25) is 22.0 Å². The number of sulfonamides is 1. The topological polar surface area (TPSA) is 102 Å². The second-order valence-corrected chi connectivity index (χ2v) is 11.2. The maximum Gasteiger partial charge on any atom is 0.348 e. The van der Waals surface area contributed by atoms with Crippen molar-refractivity contribution in [1.82, 2.24) is 4.31 Å². The molecule has 1 saturated heterocycles. The molecule has 0 unspecified atom stereocenters. The highest BCUT2D eigenvalue weighted by molar-refractivity contribution is 7.89. The van der Waals surface area contributed by atoms with E-state index in [0.717, 1.165) is 5.56 Å². The lowest BCUT2D eigenvalue weighted by Crippen LogP contribution is -2.51. The smallest absolute Gasteiger partial charge is 0.348 e. The Balaban J connectivity index is 1.52. The number of methoxy groups -OCH3 is 2. The van der Waals surface area contributed by atoms with Gasteiger partial charge in [-0.15, -0.1) is 0 Å². The molecule has 194 valence electrons. The third-order valence-corrected chi connectivity index (χ3v) is 8.70. The lowest BCUT2D eigenvalue weighted by atomic mass is 9.95. The lowest BCUT2D eigenvalue weighted by molar-refractivity contribution is -0.148. The highest BCUT2D eigenvalue weighted by Crippen LogP contribution is 2.37. The van der Waals surface area contributed by atoms with Crippen LogP contribution in [-0.2, 0) is 24.3 Å². The van der Waals surface area contributed by atoms with Crippen LogP contribution in [-0.4, -0.2) is 64.6 Å². The third kappa shape index (κ3) is 4.92. The van der Waals surface area contributed by atoms with Gasteiger partial charge in [-0.1, -0.05) is 32.0 Å². The molecule has 0 radical (unpaired) electrons. The van der Waals surface area contributed by atoms with Gasteiger partial charge in [0.05, 0.1) is 26.5 Å². The minimum Gasteiger partial charge on any atom is -0.495 e. The summed E-state index contributed by atoms with van der Waals surface area (Å²) in [4.78, 5) is 27.4. The molecule has 2 aromatic carbocycles. The van der Waals surface area contributed by atoms with Crippen LogP contribution in [0.5, 0.6) is 11.5 Å². The first-order chi connectivity index (χ1) is 17.2. The molecule has 10 heteroatoms. The fourth-order valence-electron chi connectivity index (χ4n) is 4.65. The van der Waals surface area contributed by atoms with Crippen molar-refractivity contribution in [1.29, 1.82) is 0 Å². The normalized spacial score (nSPS) is 18.9. The van der Waals surface area contributed by atoms with Gasteiger partial charge in [-0.2, -0.15) is 4.31 Å². The molecule has 2 aliphatic rings. The van der Waals surface area contributed by atoms with Crippen LogP contribution in [0.1, 0.15) is 38.2 Å². The molecule has 0 bridgehead atoms. The number of carbonyl (C=O) groups excluding carboxylic acids is 2. The quantitative estimate of drug-likeness (QED) is 0.544. The van der Waals surface area contributed by atoms with Crippen molar-refractivity contribution >= 4 is 27.6 Å². The molecule has 4 rings (SSSR count). The van der Waals surface area contributed by atoms with Crippen molar-refractivity contribution in [2.24, 2.45) is 5.92 Å². The molecule has 0 aliphatic carbocycles. The Labute approximate surface area is 212 Å². The second kappa shape index (κ2) is 10.5. The van der Waals surface area contributed by atoms with Crippen LogP contribution in [0.2, 0.25) is 0 Å². The van der Waals surface area contributed by atoms with Gasteiger partial charge in [-0.25, -0.2) is 13.2 Å². The number of piperidine rings is 1. The van der Waals surface area contributed by atoms with E-state index in [9.17, 15) is 18.0 Å². The number of carbonyl (C=O) groups is 2. The molecule has 9 nitrogen and oxygen atoms in total. The van der Waals surface area contributed by atoms with Crippen LogP contribution >= 0.6 is 0 Å². The Morgan fingerprint density at radius 2 is 1.75 bits per heavy atom. The fraction of sp³-hybridized carbons (Fsp3) is 0.462. The molecule has 1 fully saturated rings. The second-order valence-electron chi connectivity index (χ2n) is 9.29. The predicted octanol–water partition coefficient (Wildman–Crippen LogP) is 3.19. The van der Waals surface area contributed by atoms with E-state index >= 15 is 0 Å². The van der Waals surface area contributed by atoms with E-state index in [4.69, 9.17) is 14.2 Å². The molecule has 2 aliphatic heterocycles. The van der Waals surface area contributed by atoms with Gasteiger partial charge in [0.1, 0.15) is 16.4 Å². The van der Waals surface area contributed by atoms with E-state index < -0.39 is 22.1 Å². The maximum absolute atomic E-state index is 13.5. The number of fused-ring (bicyclic) bond motifs is 1. The summed E-state index contributed by atoms with van der Waals surface area (Å²) in [6.45, 7) is 4.47. The average molecular weight is 517 g/mol. The molecule has 0 aromatic heterocycles. The predicted molar refractivity (Wildman–Crippen MR) is 134 cm³/mol. The van der Waals surface area contributed by atoms with E-state index in [1.54, 1.807) is 41.3 Å². The summed E-state index contributed by atoms with van der Waals surface area (Å²) in [5, 5.41) is 0. The standard InChI is InChI=1S/C26H32N2O7S/c1-17(2)19-9-10-22(33-3)24(15-19)36(31,32)27-13-11-18(12-14-27)25(29)28-16-23(26(30)34-4)35-21-8-6-5-7-20(21)28/h5-10,15,17-18,23H,11-14,16H2,1-4H3/t23-/m0/s1. The lowest BCUT2D eigenvalue weighted by Gasteiger charge is -2.37. The monoisotopic (exact) mass is 516 g/mol. The van der Waals surface area contributed by atoms with Gasteiger partial charge in [-0.3, -0.25) is 4.79 Å². The van der Waals surface area contributed by atoms with Crippen LogP contribution in [0.4, 0.5) is 5.69 Å². The first kappa shape index (κ1) is 26.0. The van der Waals surface area contributed by atoms with Gasteiger partial charge in [0.25, 0.3) is 0 Å². The number of ether oxygens (including phenoxy) is 3. The minimum absolute atomic E-state index is 0.0419. The Hall–Kier alpha value is -3.11. The first-order valence-electron chi connectivity index (χ1n) is 12.0.